The lowest BCUT2D eigenvalue weighted by atomic mass is 9.91. The number of carbonyl (C=O) groups excluding carboxylic acids is 4. The average molecular weight is 586 g/mol. The smallest absolute Gasteiger partial charge is 0.341 e. The number of alkyl halides is 3. The van der Waals surface area contributed by atoms with Crippen LogP contribution in [-0.2, 0) is 36.3 Å². The molecule has 2 unspecified atom stereocenters. The quantitative estimate of drug-likeness (QED) is 0.344. The summed E-state index contributed by atoms with van der Waals surface area (Å²) >= 11 is 0. The molecule has 2 aromatic carbocycles. The molecule has 1 fully saturated rings. The van der Waals surface area contributed by atoms with E-state index >= 15 is 0 Å². The van der Waals surface area contributed by atoms with Crippen molar-refractivity contribution in [2.75, 3.05) is 25.6 Å². The third-order valence-corrected chi connectivity index (χ3v) is 8.42. The highest BCUT2D eigenvalue weighted by Gasteiger charge is 2.64. The highest BCUT2D eigenvalue weighted by atomic mass is 32.2. The Morgan fingerprint density at radius 1 is 1.15 bits per heavy atom. The van der Waals surface area contributed by atoms with Gasteiger partial charge in [-0.2, -0.15) is 13.2 Å². The standard InChI is InChI=1S/C24H23F4N5O6S/c1-13(24(26,27)28)33(10-14-3-5-15(25)6-4-14)19(34)11-32-12-30-23(20(32)35)17-8-7-16(31-22(37)29-2)9-18(17)40(38,39)21(23)36/h3-9,13,30H,10-12H2,1-2H3,(H2,29,31,37). The summed E-state index contributed by atoms with van der Waals surface area (Å²) in [5, 5.41) is 5.65. The van der Waals surface area contributed by atoms with Gasteiger partial charge in [0.25, 0.3) is 11.0 Å². The highest BCUT2D eigenvalue weighted by molar-refractivity contribution is 8.06. The molecule has 0 aromatic heterocycles. The van der Waals surface area contributed by atoms with Crippen molar-refractivity contribution in [1.29, 1.82) is 0 Å². The number of amides is 4. The fraction of sp³-hybridized carbons (Fsp3) is 0.333. The second-order valence-electron chi connectivity index (χ2n) is 9.16. The van der Waals surface area contributed by atoms with Gasteiger partial charge in [0, 0.05) is 24.8 Å². The summed E-state index contributed by atoms with van der Waals surface area (Å²) < 4.78 is 80.0. The Labute approximate surface area is 225 Å². The highest BCUT2D eigenvalue weighted by Crippen LogP contribution is 2.44. The maximum atomic E-state index is 13.6. The van der Waals surface area contributed by atoms with Crippen LogP contribution < -0.4 is 16.0 Å². The first-order valence-electron chi connectivity index (χ1n) is 11.7. The number of hydrogen-bond acceptors (Lipinski definition) is 7. The Hall–Kier alpha value is -4.05. The van der Waals surface area contributed by atoms with Crippen LogP contribution in [0.4, 0.5) is 28.0 Å². The van der Waals surface area contributed by atoms with Gasteiger partial charge in [-0.1, -0.05) is 18.2 Å². The number of nitrogens with zero attached hydrogens (tertiary/aromatic N) is 2. The fourth-order valence-corrected chi connectivity index (χ4v) is 6.16. The van der Waals surface area contributed by atoms with Crippen molar-refractivity contribution in [3.8, 4) is 0 Å². The van der Waals surface area contributed by atoms with Gasteiger partial charge in [0.1, 0.15) is 18.4 Å². The van der Waals surface area contributed by atoms with Gasteiger partial charge in [0.15, 0.2) is 0 Å². The summed E-state index contributed by atoms with van der Waals surface area (Å²) in [5.41, 5.74) is -2.45. The SMILES string of the molecule is CNC(=O)Nc1ccc2c(c1)S(=O)(=O)C(=O)C21NCN(CC(=O)N(Cc2ccc(F)cc2)C(C)C(F)(F)F)C1=O. The van der Waals surface area contributed by atoms with Crippen molar-refractivity contribution < 1.29 is 45.2 Å². The zero-order valence-electron chi connectivity index (χ0n) is 21.0. The van der Waals surface area contributed by atoms with E-state index < -0.39 is 81.0 Å². The number of urea groups is 1. The molecule has 2 aliphatic heterocycles. The molecule has 0 saturated carbocycles. The van der Waals surface area contributed by atoms with Crippen LogP contribution in [-0.4, -0.2) is 73.7 Å². The normalized spacial score (nSPS) is 20.4. The molecule has 2 aromatic rings. The molecular formula is C24H23F4N5O6S. The number of hydrogen-bond donors (Lipinski definition) is 3. The van der Waals surface area contributed by atoms with Gasteiger partial charge in [-0.25, -0.2) is 17.6 Å². The number of rotatable bonds is 6. The van der Waals surface area contributed by atoms with Crippen molar-refractivity contribution in [3.63, 3.8) is 0 Å². The number of anilines is 1. The molecule has 2 aliphatic rings. The lowest BCUT2D eigenvalue weighted by Crippen LogP contribution is -2.52. The first kappa shape index (κ1) is 28.9. The van der Waals surface area contributed by atoms with E-state index in [0.29, 0.717) is 4.90 Å². The minimum absolute atomic E-state index is 0.0154. The molecule has 3 N–H and O–H groups in total. The molecule has 2 heterocycles. The first-order valence-corrected chi connectivity index (χ1v) is 13.2. The zero-order valence-corrected chi connectivity index (χ0v) is 21.8. The molecule has 1 spiro atoms. The van der Waals surface area contributed by atoms with Crippen LogP contribution in [0, 0.1) is 5.82 Å². The predicted molar refractivity (Wildman–Crippen MR) is 131 cm³/mol. The van der Waals surface area contributed by atoms with Crippen LogP contribution in [0.15, 0.2) is 47.4 Å². The van der Waals surface area contributed by atoms with Gasteiger partial charge in [-0.3, -0.25) is 19.7 Å². The fourth-order valence-electron chi connectivity index (χ4n) is 4.49. The van der Waals surface area contributed by atoms with E-state index in [9.17, 15) is 45.2 Å². The number of nitrogens with one attached hydrogen (secondary N) is 3. The summed E-state index contributed by atoms with van der Waals surface area (Å²) in [4.78, 5) is 52.0. The second kappa shape index (κ2) is 10.2. The van der Waals surface area contributed by atoms with Gasteiger partial charge in [-0.15, -0.1) is 0 Å². The van der Waals surface area contributed by atoms with Crippen LogP contribution >= 0.6 is 0 Å². The van der Waals surface area contributed by atoms with Gasteiger partial charge in [0.2, 0.25) is 21.3 Å². The Morgan fingerprint density at radius 2 is 1.80 bits per heavy atom. The van der Waals surface area contributed by atoms with E-state index in [1.54, 1.807) is 0 Å². The van der Waals surface area contributed by atoms with Crippen LogP contribution in [0.2, 0.25) is 0 Å². The topological polar surface area (TPSA) is 145 Å². The Bertz CT molecular complexity index is 1500. The van der Waals surface area contributed by atoms with Crippen molar-refractivity contribution in [2.24, 2.45) is 0 Å². The van der Waals surface area contributed by atoms with E-state index in [1.807, 2.05) is 0 Å². The van der Waals surface area contributed by atoms with E-state index in [2.05, 4.69) is 16.0 Å². The molecule has 16 heteroatoms. The Kier molecular flexibility index (Phi) is 7.36. The van der Waals surface area contributed by atoms with Gasteiger partial charge in [0.05, 0.1) is 11.6 Å². The maximum absolute atomic E-state index is 13.6. The number of carbonyl (C=O) groups is 4. The Balaban J connectivity index is 1.63. The third-order valence-electron chi connectivity index (χ3n) is 6.71. The van der Waals surface area contributed by atoms with Gasteiger partial charge < -0.3 is 20.4 Å². The van der Waals surface area contributed by atoms with Crippen molar-refractivity contribution in [1.82, 2.24) is 20.4 Å². The molecule has 1 saturated heterocycles. The molecule has 214 valence electrons. The molecule has 4 rings (SSSR count). The lowest BCUT2D eigenvalue weighted by molar-refractivity contribution is -0.187. The largest absolute Gasteiger partial charge is 0.408 e. The molecule has 0 radical (unpaired) electrons. The summed E-state index contributed by atoms with van der Waals surface area (Å²) in [7, 11) is -3.39. The molecule has 2 atom stereocenters. The maximum Gasteiger partial charge on any atom is 0.408 e. The summed E-state index contributed by atoms with van der Waals surface area (Å²) in [6.07, 6.45) is -4.83. The predicted octanol–water partition coefficient (Wildman–Crippen LogP) is 1.46. The van der Waals surface area contributed by atoms with Crippen LogP contribution in [0.25, 0.3) is 0 Å². The van der Waals surface area contributed by atoms with Gasteiger partial charge in [-0.05, 0) is 36.8 Å². The lowest BCUT2D eigenvalue weighted by Gasteiger charge is -2.32. The second-order valence-corrected chi connectivity index (χ2v) is 11.0. The minimum atomic E-state index is -4.83. The molecule has 11 nitrogen and oxygen atoms in total. The third kappa shape index (κ3) is 4.88. The van der Waals surface area contributed by atoms with E-state index in [1.165, 1.54) is 25.2 Å². The molecule has 0 aliphatic carbocycles. The van der Waals surface area contributed by atoms with E-state index in [0.717, 1.165) is 36.1 Å². The summed E-state index contributed by atoms with van der Waals surface area (Å²) in [6, 6.07) is 4.93. The molecule has 4 amide bonds. The Morgan fingerprint density at radius 3 is 2.40 bits per heavy atom. The van der Waals surface area contributed by atoms with Crippen LogP contribution in [0.5, 0.6) is 0 Å². The van der Waals surface area contributed by atoms with Crippen molar-refractivity contribution >= 4 is 38.5 Å². The van der Waals surface area contributed by atoms with E-state index in [-0.39, 0.29) is 16.8 Å². The summed E-state index contributed by atoms with van der Waals surface area (Å²) in [5.74, 6) is -2.90. The first-order chi connectivity index (χ1) is 18.6. The van der Waals surface area contributed by atoms with Crippen LogP contribution in [0.3, 0.4) is 0 Å². The van der Waals surface area contributed by atoms with Gasteiger partial charge >= 0.3 is 12.2 Å². The van der Waals surface area contributed by atoms with Crippen molar-refractivity contribution in [2.45, 2.75) is 36.1 Å². The van der Waals surface area contributed by atoms with Crippen LogP contribution in [0.1, 0.15) is 18.1 Å². The number of fused-ring (bicyclic) bond motifs is 2. The minimum Gasteiger partial charge on any atom is -0.341 e. The van der Waals surface area contributed by atoms with Crippen molar-refractivity contribution in [3.05, 3.63) is 59.4 Å². The van der Waals surface area contributed by atoms with E-state index in [4.69, 9.17) is 0 Å². The number of halogens is 4. The number of benzene rings is 2. The molecular weight excluding hydrogens is 562 g/mol. The average Bonchev–Trinajstić information content (AvgIpc) is 3.30. The molecule has 40 heavy (non-hydrogen) atoms. The monoisotopic (exact) mass is 585 g/mol. The zero-order chi connectivity index (χ0) is 29.6. The summed E-state index contributed by atoms with van der Waals surface area (Å²) in [6.45, 7) is -1.24. The number of sulfone groups is 1. The molecule has 0 bridgehead atoms.